The zero-order valence-corrected chi connectivity index (χ0v) is 17.5. The van der Waals surface area contributed by atoms with Gasteiger partial charge in [0.25, 0.3) is 5.91 Å². The van der Waals surface area contributed by atoms with Crippen molar-refractivity contribution in [2.45, 2.75) is 30.6 Å². The molecule has 0 saturated carbocycles. The van der Waals surface area contributed by atoms with Crippen LogP contribution in [0.4, 0.5) is 4.39 Å². The molecule has 1 fully saturated rings. The van der Waals surface area contributed by atoms with Crippen molar-refractivity contribution in [3.8, 4) is 5.75 Å². The summed E-state index contributed by atoms with van der Waals surface area (Å²) in [6.07, 6.45) is 4.18. The lowest BCUT2D eigenvalue weighted by Gasteiger charge is -2.34. The van der Waals surface area contributed by atoms with Crippen LogP contribution in [-0.4, -0.2) is 56.3 Å². The molecule has 0 radical (unpaired) electrons. The van der Waals surface area contributed by atoms with Crippen molar-refractivity contribution in [1.29, 1.82) is 0 Å². The molecule has 2 aliphatic rings. The van der Waals surface area contributed by atoms with E-state index in [1.165, 1.54) is 34.1 Å². The van der Waals surface area contributed by atoms with Gasteiger partial charge in [-0.15, -0.1) is 0 Å². The van der Waals surface area contributed by atoms with Crippen LogP contribution in [0.5, 0.6) is 5.75 Å². The van der Waals surface area contributed by atoms with Crippen molar-refractivity contribution in [2.24, 2.45) is 0 Å². The van der Waals surface area contributed by atoms with E-state index in [2.05, 4.69) is 0 Å². The SMILES string of the molecule is O=C(COc1ccc(F)cc1)N1CCN(S(=O)(=O)c2ccc3c(c2)CCCC3)CC1. The molecule has 160 valence electrons. The molecule has 1 amide bonds. The van der Waals surface area contributed by atoms with Gasteiger partial charge in [0.15, 0.2) is 6.61 Å². The van der Waals surface area contributed by atoms with Gasteiger partial charge >= 0.3 is 0 Å². The van der Waals surface area contributed by atoms with Crippen molar-refractivity contribution in [3.63, 3.8) is 0 Å². The normalized spacial score (nSPS) is 17.4. The third kappa shape index (κ3) is 4.49. The number of halogens is 1. The molecule has 1 aliphatic heterocycles. The molecule has 6 nitrogen and oxygen atoms in total. The molecule has 8 heteroatoms. The van der Waals surface area contributed by atoms with Crippen molar-refractivity contribution in [3.05, 3.63) is 59.4 Å². The van der Waals surface area contributed by atoms with E-state index < -0.39 is 10.0 Å². The van der Waals surface area contributed by atoms with E-state index in [0.29, 0.717) is 23.7 Å². The van der Waals surface area contributed by atoms with Crippen LogP contribution >= 0.6 is 0 Å². The van der Waals surface area contributed by atoms with E-state index in [1.807, 2.05) is 12.1 Å². The molecule has 0 atom stereocenters. The van der Waals surface area contributed by atoms with Gasteiger partial charge in [0.05, 0.1) is 4.90 Å². The Bertz CT molecular complexity index is 1020. The third-order valence-electron chi connectivity index (χ3n) is 5.73. The number of ether oxygens (including phenoxy) is 1. The maximum Gasteiger partial charge on any atom is 0.260 e. The van der Waals surface area contributed by atoms with Crippen molar-refractivity contribution in [2.75, 3.05) is 32.8 Å². The number of hydrogen-bond acceptors (Lipinski definition) is 4. The van der Waals surface area contributed by atoms with E-state index in [1.54, 1.807) is 11.0 Å². The smallest absolute Gasteiger partial charge is 0.260 e. The molecule has 30 heavy (non-hydrogen) atoms. The number of fused-ring (bicyclic) bond motifs is 1. The summed E-state index contributed by atoms with van der Waals surface area (Å²) in [5.74, 6) is -0.173. The molecule has 0 bridgehead atoms. The van der Waals surface area contributed by atoms with Gasteiger partial charge in [-0.1, -0.05) is 6.07 Å². The second-order valence-corrected chi connectivity index (χ2v) is 9.60. The van der Waals surface area contributed by atoms with Crippen LogP contribution in [0.2, 0.25) is 0 Å². The van der Waals surface area contributed by atoms with Gasteiger partial charge in [-0.3, -0.25) is 4.79 Å². The van der Waals surface area contributed by atoms with E-state index in [0.717, 1.165) is 31.2 Å². The largest absolute Gasteiger partial charge is 0.484 e. The first-order valence-electron chi connectivity index (χ1n) is 10.2. The second-order valence-electron chi connectivity index (χ2n) is 7.67. The molecule has 1 heterocycles. The minimum Gasteiger partial charge on any atom is -0.484 e. The fourth-order valence-electron chi connectivity index (χ4n) is 3.96. The summed E-state index contributed by atoms with van der Waals surface area (Å²) in [5, 5.41) is 0. The van der Waals surface area contributed by atoms with Crippen molar-refractivity contribution >= 4 is 15.9 Å². The molecule has 0 aromatic heterocycles. The number of hydrogen-bond donors (Lipinski definition) is 0. The Balaban J connectivity index is 1.34. The highest BCUT2D eigenvalue weighted by Crippen LogP contribution is 2.26. The zero-order chi connectivity index (χ0) is 21.1. The van der Waals surface area contributed by atoms with Gasteiger partial charge in [-0.05, 0) is 73.2 Å². The fraction of sp³-hybridized carbons (Fsp3) is 0.409. The maximum atomic E-state index is 13.1. The average molecular weight is 433 g/mol. The summed E-state index contributed by atoms with van der Waals surface area (Å²) in [6.45, 7) is 0.970. The Morgan fingerprint density at radius 2 is 1.60 bits per heavy atom. The number of benzene rings is 2. The number of aryl methyl sites for hydroxylation is 2. The van der Waals surface area contributed by atoms with Crippen molar-refractivity contribution < 1.29 is 22.3 Å². The van der Waals surface area contributed by atoms with Crippen LogP contribution in [0.15, 0.2) is 47.4 Å². The Kier molecular flexibility index (Phi) is 6.06. The first-order valence-corrected chi connectivity index (χ1v) is 11.7. The number of carbonyl (C=O) groups is 1. The molecular weight excluding hydrogens is 407 g/mol. The molecule has 2 aromatic carbocycles. The molecule has 1 saturated heterocycles. The van der Waals surface area contributed by atoms with E-state index in [9.17, 15) is 17.6 Å². The first kappa shape index (κ1) is 20.8. The molecule has 0 unspecified atom stereocenters. The summed E-state index contributed by atoms with van der Waals surface area (Å²) >= 11 is 0. The van der Waals surface area contributed by atoms with Crippen LogP contribution in [0.25, 0.3) is 0 Å². The van der Waals surface area contributed by atoms with Crippen LogP contribution in [-0.2, 0) is 27.7 Å². The van der Waals surface area contributed by atoms with Crippen LogP contribution in [0.1, 0.15) is 24.0 Å². The highest BCUT2D eigenvalue weighted by atomic mass is 32.2. The van der Waals surface area contributed by atoms with Gasteiger partial charge in [-0.25, -0.2) is 12.8 Å². The Labute approximate surface area is 176 Å². The summed E-state index contributed by atoms with van der Waals surface area (Å²) in [7, 11) is -3.58. The molecule has 0 spiro atoms. The zero-order valence-electron chi connectivity index (χ0n) is 16.7. The minimum absolute atomic E-state index is 0.163. The number of rotatable bonds is 5. The van der Waals surface area contributed by atoms with Crippen molar-refractivity contribution in [1.82, 2.24) is 9.21 Å². The number of sulfonamides is 1. The van der Waals surface area contributed by atoms with Gasteiger partial charge in [0.2, 0.25) is 10.0 Å². The summed E-state index contributed by atoms with van der Waals surface area (Å²) in [5.41, 5.74) is 2.38. The monoisotopic (exact) mass is 432 g/mol. The lowest BCUT2D eigenvalue weighted by atomic mass is 9.92. The predicted octanol–water partition coefficient (Wildman–Crippen LogP) is 2.62. The fourth-order valence-corrected chi connectivity index (χ4v) is 5.44. The molecule has 1 aliphatic carbocycles. The van der Waals surface area contributed by atoms with Gasteiger partial charge in [0.1, 0.15) is 11.6 Å². The quantitative estimate of drug-likeness (QED) is 0.729. The molecule has 4 rings (SSSR count). The third-order valence-corrected chi connectivity index (χ3v) is 7.62. The second kappa shape index (κ2) is 8.73. The first-order chi connectivity index (χ1) is 14.4. The summed E-state index contributed by atoms with van der Waals surface area (Å²) in [4.78, 5) is 14.3. The van der Waals surface area contributed by atoms with Gasteiger partial charge in [-0.2, -0.15) is 4.31 Å². The summed E-state index contributed by atoms with van der Waals surface area (Å²) in [6, 6.07) is 10.9. The predicted molar refractivity (Wildman–Crippen MR) is 110 cm³/mol. The lowest BCUT2D eigenvalue weighted by Crippen LogP contribution is -2.51. The van der Waals surface area contributed by atoms with Crippen LogP contribution < -0.4 is 4.74 Å². The van der Waals surface area contributed by atoms with Gasteiger partial charge in [0, 0.05) is 26.2 Å². The molecule has 2 aromatic rings. The highest BCUT2D eigenvalue weighted by molar-refractivity contribution is 7.89. The molecule has 0 N–H and O–H groups in total. The standard InChI is InChI=1S/C22H25FN2O4S/c23-19-6-8-20(9-7-19)29-16-22(26)24-11-13-25(14-12-24)30(27,28)21-10-5-17-3-1-2-4-18(17)15-21/h5-10,15H,1-4,11-14,16H2. The average Bonchev–Trinajstić information content (AvgIpc) is 2.78. The van der Waals surface area contributed by atoms with Gasteiger partial charge < -0.3 is 9.64 Å². The van der Waals surface area contributed by atoms with E-state index in [4.69, 9.17) is 4.74 Å². The molecular formula is C22H25FN2O4S. The number of amides is 1. The van der Waals surface area contributed by atoms with E-state index in [-0.39, 0.29) is 31.4 Å². The maximum absolute atomic E-state index is 13.1. The van der Waals surface area contributed by atoms with Crippen LogP contribution in [0.3, 0.4) is 0 Å². The number of piperazine rings is 1. The van der Waals surface area contributed by atoms with Crippen LogP contribution in [0, 0.1) is 5.82 Å². The number of carbonyl (C=O) groups excluding carboxylic acids is 1. The summed E-state index contributed by atoms with van der Waals surface area (Å²) < 4.78 is 45.9. The lowest BCUT2D eigenvalue weighted by molar-refractivity contribution is -0.134. The topological polar surface area (TPSA) is 66.9 Å². The highest BCUT2D eigenvalue weighted by Gasteiger charge is 2.30. The minimum atomic E-state index is -3.58. The Morgan fingerprint density at radius 3 is 2.30 bits per heavy atom. The Hall–Kier alpha value is -2.45. The number of nitrogens with zero attached hydrogens (tertiary/aromatic N) is 2. The van der Waals surface area contributed by atoms with E-state index >= 15 is 0 Å². The Morgan fingerprint density at radius 1 is 0.933 bits per heavy atom.